The predicted molar refractivity (Wildman–Crippen MR) is 55.5 cm³/mol. The van der Waals surface area contributed by atoms with Crippen molar-refractivity contribution in [3.63, 3.8) is 0 Å². The lowest BCUT2D eigenvalue weighted by molar-refractivity contribution is 0.0593. The third-order valence-corrected chi connectivity index (χ3v) is 1.65. The highest BCUT2D eigenvalue weighted by atomic mass is 16.5. The molecule has 6 nitrogen and oxygen atoms in total. The monoisotopic (exact) mass is 210 g/mol. The topological polar surface area (TPSA) is 90.1 Å². The number of carbonyl (C=O) groups excluding carboxylic acids is 1. The smallest absolute Gasteiger partial charge is 0.358 e. The van der Waals surface area contributed by atoms with Gasteiger partial charge in [0.05, 0.1) is 19.5 Å². The van der Waals surface area contributed by atoms with Crippen molar-refractivity contribution >= 4 is 11.8 Å². The third-order valence-electron chi connectivity index (χ3n) is 1.65. The number of nitrogens with zero attached hydrogens (tertiary/aromatic N) is 2. The number of carbonyl (C=O) groups is 1. The number of rotatable bonds is 4. The minimum absolute atomic E-state index is 0.0343. The lowest BCUT2D eigenvalue weighted by Crippen LogP contribution is -2.25. The van der Waals surface area contributed by atoms with Crippen molar-refractivity contribution < 1.29 is 9.53 Å². The van der Waals surface area contributed by atoms with Crippen molar-refractivity contribution in [2.45, 2.75) is 13.0 Å². The summed E-state index contributed by atoms with van der Waals surface area (Å²) in [6.07, 6.45) is 2.82. The van der Waals surface area contributed by atoms with E-state index < -0.39 is 5.97 Å². The molecule has 0 aliphatic rings. The van der Waals surface area contributed by atoms with E-state index in [4.69, 9.17) is 5.73 Å². The molecule has 1 unspecified atom stereocenters. The number of methoxy groups -OCH3 is 1. The van der Waals surface area contributed by atoms with Crippen LogP contribution in [-0.2, 0) is 4.74 Å². The molecule has 1 aromatic rings. The quantitative estimate of drug-likeness (QED) is 0.681. The number of ether oxygens (including phenoxy) is 1. The Labute approximate surface area is 87.9 Å². The van der Waals surface area contributed by atoms with Gasteiger partial charge in [-0.2, -0.15) is 0 Å². The molecule has 0 aliphatic carbocycles. The molecule has 1 heterocycles. The molecule has 0 fully saturated rings. The molecule has 0 aliphatic heterocycles. The van der Waals surface area contributed by atoms with E-state index in [2.05, 4.69) is 20.0 Å². The van der Waals surface area contributed by atoms with Crippen LogP contribution in [0.25, 0.3) is 0 Å². The first-order valence-corrected chi connectivity index (χ1v) is 4.53. The van der Waals surface area contributed by atoms with Crippen molar-refractivity contribution in [3.8, 4) is 0 Å². The molecule has 0 bridgehead atoms. The van der Waals surface area contributed by atoms with E-state index in [-0.39, 0.29) is 11.7 Å². The zero-order chi connectivity index (χ0) is 11.3. The van der Waals surface area contributed by atoms with Crippen molar-refractivity contribution in [1.29, 1.82) is 0 Å². The normalized spacial score (nSPS) is 11.9. The SMILES string of the molecule is COC(=O)c1cnc(NCC(C)N)cn1. The van der Waals surface area contributed by atoms with E-state index in [1.807, 2.05) is 6.92 Å². The second kappa shape index (κ2) is 5.26. The van der Waals surface area contributed by atoms with E-state index in [1.54, 1.807) is 0 Å². The summed E-state index contributed by atoms with van der Waals surface area (Å²) in [5.41, 5.74) is 5.74. The van der Waals surface area contributed by atoms with Crippen molar-refractivity contribution in [2.24, 2.45) is 5.73 Å². The Morgan fingerprint density at radius 1 is 1.60 bits per heavy atom. The molecule has 0 spiro atoms. The second-order valence-corrected chi connectivity index (χ2v) is 3.14. The number of hydrogen-bond acceptors (Lipinski definition) is 6. The van der Waals surface area contributed by atoms with Crippen LogP contribution in [0.15, 0.2) is 12.4 Å². The summed E-state index contributed by atoms with van der Waals surface area (Å²) in [5.74, 6) is 0.0844. The van der Waals surface area contributed by atoms with Gasteiger partial charge in [0.25, 0.3) is 0 Å². The maximum Gasteiger partial charge on any atom is 0.358 e. The average Bonchev–Trinajstić information content (AvgIpc) is 2.26. The summed E-state index contributed by atoms with van der Waals surface area (Å²) in [6.45, 7) is 2.48. The van der Waals surface area contributed by atoms with Crippen LogP contribution in [0.5, 0.6) is 0 Å². The Hall–Kier alpha value is -1.69. The first-order chi connectivity index (χ1) is 7.13. The molecule has 0 saturated heterocycles. The molecule has 1 aromatic heterocycles. The van der Waals surface area contributed by atoms with Crippen LogP contribution >= 0.6 is 0 Å². The summed E-state index contributed by atoms with van der Waals surface area (Å²) >= 11 is 0. The average molecular weight is 210 g/mol. The molecule has 6 heteroatoms. The molecule has 0 radical (unpaired) electrons. The van der Waals surface area contributed by atoms with E-state index in [9.17, 15) is 4.79 Å². The van der Waals surface area contributed by atoms with Gasteiger partial charge in [-0.3, -0.25) is 0 Å². The molecule has 0 saturated carbocycles. The molecular weight excluding hydrogens is 196 g/mol. The molecule has 0 amide bonds. The molecule has 3 N–H and O–H groups in total. The van der Waals surface area contributed by atoms with Crippen molar-refractivity contribution in [1.82, 2.24) is 9.97 Å². The number of anilines is 1. The lowest BCUT2D eigenvalue weighted by atomic mass is 10.3. The maximum atomic E-state index is 11.0. The Bertz CT molecular complexity index is 323. The predicted octanol–water partition coefficient (Wildman–Crippen LogP) is 0.0223. The standard InChI is InChI=1S/C9H14N4O2/c1-6(10)3-12-8-5-11-7(4-13-8)9(14)15-2/h4-6H,3,10H2,1-2H3,(H,12,13). The van der Waals surface area contributed by atoms with Gasteiger partial charge in [0.2, 0.25) is 0 Å². The molecule has 1 rings (SSSR count). The van der Waals surface area contributed by atoms with Crippen LogP contribution < -0.4 is 11.1 Å². The maximum absolute atomic E-state index is 11.0. The van der Waals surface area contributed by atoms with Gasteiger partial charge in [0, 0.05) is 12.6 Å². The molecule has 1 atom stereocenters. The van der Waals surface area contributed by atoms with Crippen molar-refractivity contribution in [3.05, 3.63) is 18.1 Å². The van der Waals surface area contributed by atoms with Crippen LogP contribution in [0.1, 0.15) is 17.4 Å². The highest BCUT2D eigenvalue weighted by Gasteiger charge is 2.06. The highest BCUT2D eigenvalue weighted by Crippen LogP contribution is 2.01. The summed E-state index contributed by atoms with van der Waals surface area (Å²) in [7, 11) is 1.30. The third kappa shape index (κ3) is 3.51. The van der Waals surface area contributed by atoms with E-state index in [0.29, 0.717) is 12.4 Å². The van der Waals surface area contributed by atoms with Crippen LogP contribution in [0.2, 0.25) is 0 Å². The summed E-state index contributed by atoms with van der Waals surface area (Å²) in [6, 6.07) is 0.0343. The van der Waals surface area contributed by atoms with Gasteiger partial charge in [0.15, 0.2) is 5.69 Å². The fourth-order valence-electron chi connectivity index (χ4n) is 0.895. The molecular formula is C9H14N4O2. The van der Waals surface area contributed by atoms with Gasteiger partial charge in [0.1, 0.15) is 5.82 Å². The van der Waals surface area contributed by atoms with E-state index >= 15 is 0 Å². The molecule has 15 heavy (non-hydrogen) atoms. The Balaban J connectivity index is 2.60. The van der Waals surface area contributed by atoms with Gasteiger partial charge >= 0.3 is 5.97 Å². The zero-order valence-electron chi connectivity index (χ0n) is 8.73. The fourth-order valence-corrected chi connectivity index (χ4v) is 0.895. The van der Waals surface area contributed by atoms with Crippen LogP contribution in [0, 0.1) is 0 Å². The Kier molecular flexibility index (Phi) is 3.99. The van der Waals surface area contributed by atoms with Gasteiger partial charge in [-0.05, 0) is 6.92 Å². The van der Waals surface area contributed by atoms with E-state index in [0.717, 1.165) is 0 Å². The van der Waals surface area contributed by atoms with Crippen LogP contribution in [0.3, 0.4) is 0 Å². The number of hydrogen-bond donors (Lipinski definition) is 2. The fraction of sp³-hybridized carbons (Fsp3) is 0.444. The number of nitrogens with two attached hydrogens (primary N) is 1. The van der Waals surface area contributed by atoms with Crippen molar-refractivity contribution in [2.75, 3.05) is 19.0 Å². The van der Waals surface area contributed by atoms with Crippen LogP contribution in [-0.4, -0.2) is 35.6 Å². The van der Waals surface area contributed by atoms with Gasteiger partial charge in [-0.25, -0.2) is 14.8 Å². The second-order valence-electron chi connectivity index (χ2n) is 3.14. The van der Waals surface area contributed by atoms with E-state index in [1.165, 1.54) is 19.5 Å². The first kappa shape index (κ1) is 11.4. The number of aromatic nitrogens is 2. The minimum Gasteiger partial charge on any atom is -0.464 e. The van der Waals surface area contributed by atoms with Gasteiger partial charge in [-0.1, -0.05) is 0 Å². The highest BCUT2D eigenvalue weighted by molar-refractivity contribution is 5.86. The number of nitrogens with one attached hydrogen (secondary N) is 1. The Morgan fingerprint density at radius 3 is 2.80 bits per heavy atom. The largest absolute Gasteiger partial charge is 0.464 e. The van der Waals surface area contributed by atoms with Gasteiger partial charge < -0.3 is 15.8 Å². The molecule has 0 aromatic carbocycles. The summed E-state index contributed by atoms with van der Waals surface area (Å²) < 4.78 is 4.49. The number of esters is 1. The molecule has 82 valence electrons. The van der Waals surface area contributed by atoms with Crippen LogP contribution in [0.4, 0.5) is 5.82 Å². The zero-order valence-corrected chi connectivity index (χ0v) is 8.73. The summed E-state index contributed by atoms with van der Waals surface area (Å²) in [5, 5.41) is 2.98. The Morgan fingerprint density at radius 2 is 2.33 bits per heavy atom. The lowest BCUT2D eigenvalue weighted by Gasteiger charge is -2.07. The minimum atomic E-state index is -0.499. The van der Waals surface area contributed by atoms with Gasteiger partial charge in [-0.15, -0.1) is 0 Å². The summed E-state index contributed by atoms with van der Waals surface area (Å²) in [4.78, 5) is 18.9. The first-order valence-electron chi connectivity index (χ1n) is 4.53.